The second kappa shape index (κ2) is 7.08. The lowest BCUT2D eigenvalue weighted by Crippen LogP contribution is -2.22. The number of nitrogens with zero attached hydrogens (tertiary/aromatic N) is 3. The van der Waals surface area contributed by atoms with Gasteiger partial charge in [-0.25, -0.2) is 14.3 Å². The lowest BCUT2D eigenvalue weighted by atomic mass is 10.1. The van der Waals surface area contributed by atoms with E-state index in [0.717, 1.165) is 10.9 Å². The van der Waals surface area contributed by atoms with E-state index in [1.165, 1.54) is 17.8 Å². The van der Waals surface area contributed by atoms with E-state index in [-0.39, 0.29) is 12.5 Å². The maximum Gasteiger partial charge on any atom is 0.341 e. The zero-order valence-electron chi connectivity index (χ0n) is 15.0. The van der Waals surface area contributed by atoms with Crippen molar-refractivity contribution in [3.8, 4) is 0 Å². The van der Waals surface area contributed by atoms with Crippen molar-refractivity contribution in [2.24, 2.45) is 0 Å². The summed E-state index contributed by atoms with van der Waals surface area (Å²) in [4.78, 5) is 28.8. The molecule has 0 aliphatic carbocycles. The number of rotatable bonds is 4. The third-order valence-electron chi connectivity index (χ3n) is 4.28. The van der Waals surface area contributed by atoms with Gasteiger partial charge in [0.25, 0.3) is 5.91 Å². The number of aryl methyl sites for hydroxylation is 1. The summed E-state index contributed by atoms with van der Waals surface area (Å²) < 4.78 is 12.9. The highest BCUT2D eigenvalue weighted by molar-refractivity contribution is 9.10. The number of amides is 1. The van der Waals surface area contributed by atoms with Crippen LogP contribution in [0.1, 0.15) is 32.0 Å². The Kier molecular flexibility index (Phi) is 4.60. The monoisotopic (exact) mass is 442 g/mol. The number of fused-ring (bicyclic) bond motifs is 2. The van der Waals surface area contributed by atoms with Gasteiger partial charge in [0.05, 0.1) is 24.3 Å². The molecule has 1 N–H and O–H groups in total. The van der Waals surface area contributed by atoms with Gasteiger partial charge < -0.3 is 14.5 Å². The Labute approximate surface area is 167 Å². The number of aromatic nitrogens is 3. The number of hydrogen-bond acceptors (Lipinski definition) is 6. The van der Waals surface area contributed by atoms with Crippen LogP contribution in [0.4, 0.5) is 0 Å². The lowest BCUT2D eigenvalue weighted by Gasteiger charge is -2.02. The van der Waals surface area contributed by atoms with Crippen LogP contribution < -0.4 is 5.32 Å². The minimum absolute atomic E-state index is 0.123. The van der Waals surface area contributed by atoms with Gasteiger partial charge in [-0.3, -0.25) is 4.79 Å². The number of halogens is 1. The first kappa shape index (κ1) is 18.2. The summed E-state index contributed by atoms with van der Waals surface area (Å²) in [6.07, 6.45) is 4.77. The molecular weight excluding hydrogens is 428 g/mol. The normalized spacial score (nSPS) is 11.1. The van der Waals surface area contributed by atoms with E-state index in [2.05, 4.69) is 31.3 Å². The Morgan fingerprint density at radius 2 is 2.14 bits per heavy atom. The summed E-state index contributed by atoms with van der Waals surface area (Å²) in [6.45, 7) is 2.00. The van der Waals surface area contributed by atoms with Crippen LogP contribution >= 0.6 is 15.9 Å². The van der Waals surface area contributed by atoms with E-state index < -0.39 is 5.97 Å². The maximum absolute atomic E-state index is 12.6. The van der Waals surface area contributed by atoms with Crippen molar-refractivity contribution in [2.45, 2.75) is 13.5 Å². The van der Waals surface area contributed by atoms with Crippen LogP contribution in [0.2, 0.25) is 0 Å². The Bertz CT molecular complexity index is 1230. The molecule has 0 unspecified atom stereocenters. The van der Waals surface area contributed by atoms with Crippen molar-refractivity contribution in [1.29, 1.82) is 0 Å². The van der Waals surface area contributed by atoms with Crippen molar-refractivity contribution in [3.63, 3.8) is 0 Å². The number of nitrogens with one attached hydrogen (secondary N) is 1. The van der Waals surface area contributed by atoms with Crippen molar-refractivity contribution in [1.82, 2.24) is 19.9 Å². The molecule has 0 spiro atoms. The van der Waals surface area contributed by atoms with Gasteiger partial charge >= 0.3 is 5.97 Å². The summed E-state index contributed by atoms with van der Waals surface area (Å²) in [6, 6.07) is 5.33. The Morgan fingerprint density at radius 1 is 1.32 bits per heavy atom. The van der Waals surface area contributed by atoms with Crippen molar-refractivity contribution in [2.75, 3.05) is 7.11 Å². The molecule has 1 amide bonds. The van der Waals surface area contributed by atoms with Crippen LogP contribution in [0.3, 0.4) is 0 Å². The molecule has 1 aromatic carbocycles. The van der Waals surface area contributed by atoms with E-state index in [4.69, 9.17) is 9.15 Å². The quantitative estimate of drug-likeness (QED) is 0.487. The van der Waals surface area contributed by atoms with Crippen LogP contribution in [-0.2, 0) is 11.3 Å². The molecule has 28 heavy (non-hydrogen) atoms. The summed E-state index contributed by atoms with van der Waals surface area (Å²) in [7, 11) is 1.32. The van der Waals surface area contributed by atoms with Crippen LogP contribution in [0.25, 0.3) is 16.6 Å². The topological polar surface area (TPSA) is 98.7 Å². The maximum atomic E-state index is 12.6. The molecule has 0 atom stereocenters. The van der Waals surface area contributed by atoms with Crippen LogP contribution in [0.15, 0.2) is 45.7 Å². The van der Waals surface area contributed by atoms with Crippen LogP contribution in [0.5, 0.6) is 0 Å². The fraction of sp³-hybridized carbons (Fsp3) is 0.158. The molecule has 9 heteroatoms. The summed E-state index contributed by atoms with van der Waals surface area (Å²) in [5, 5.41) is 7.65. The van der Waals surface area contributed by atoms with Crippen LogP contribution in [0, 0.1) is 6.92 Å². The predicted molar refractivity (Wildman–Crippen MR) is 104 cm³/mol. The fourth-order valence-electron chi connectivity index (χ4n) is 2.98. The molecule has 0 saturated heterocycles. The molecule has 0 aliphatic heterocycles. The first-order valence-corrected chi connectivity index (χ1v) is 9.15. The molecule has 142 valence electrons. The van der Waals surface area contributed by atoms with Gasteiger partial charge in [0.2, 0.25) is 0 Å². The fourth-order valence-corrected chi connectivity index (χ4v) is 3.50. The van der Waals surface area contributed by atoms with Gasteiger partial charge in [0.1, 0.15) is 22.5 Å². The molecule has 0 radical (unpaired) electrons. The molecule has 3 aromatic heterocycles. The third-order valence-corrected chi connectivity index (χ3v) is 5.15. The molecule has 0 aliphatic rings. The minimum atomic E-state index is -0.483. The summed E-state index contributed by atoms with van der Waals surface area (Å²) in [5.41, 5.74) is 2.46. The van der Waals surface area contributed by atoms with E-state index in [0.29, 0.717) is 32.6 Å². The number of furan rings is 1. The van der Waals surface area contributed by atoms with Gasteiger partial charge in [-0.2, -0.15) is 5.10 Å². The molecule has 3 heterocycles. The second-order valence-electron chi connectivity index (χ2n) is 6.15. The number of carbonyl (C=O) groups excluding carboxylic acids is 2. The standard InChI is InChI=1S/C19H15BrN4O4/c1-10-6-11-15(20)14(28-16(11)12(7-10)19(26)27-2)9-22-18(25)13-8-23-24-5-3-4-21-17(13)24/h3-8H,9H2,1-2H3,(H,22,25). The number of benzene rings is 1. The SMILES string of the molecule is COC(=O)c1cc(C)cc2c(Br)c(CNC(=O)c3cnn4cccnc34)oc12. The Balaban J connectivity index is 1.64. The van der Waals surface area contributed by atoms with Gasteiger partial charge in [-0.1, -0.05) is 0 Å². The first-order chi connectivity index (χ1) is 13.5. The highest BCUT2D eigenvalue weighted by Crippen LogP contribution is 2.34. The van der Waals surface area contributed by atoms with E-state index in [1.54, 1.807) is 24.5 Å². The van der Waals surface area contributed by atoms with Crippen molar-refractivity contribution < 1.29 is 18.7 Å². The Hall–Kier alpha value is -3.20. The average molecular weight is 443 g/mol. The molecule has 0 bridgehead atoms. The average Bonchev–Trinajstić information content (AvgIpc) is 3.27. The number of hydrogen-bond donors (Lipinski definition) is 1. The molecule has 4 aromatic rings. The smallest absolute Gasteiger partial charge is 0.341 e. The Morgan fingerprint density at radius 3 is 2.93 bits per heavy atom. The van der Waals surface area contributed by atoms with E-state index in [9.17, 15) is 9.59 Å². The summed E-state index contributed by atoms with van der Waals surface area (Å²) >= 11 is 3.50. The van der Waals surface area contributed by atoms with Gasteiger partial charge in [-0.15, -0.1) is 0 Å². The number of carbonyl (C=O) groups is 2. The molecule has 0 saturated carbocycles. The van der Waals surface area contributed by atoms with E-state index in [1.807, 2.05) is 13.0 Å². The second-order valence-corrected chi connectivity index (χ2v) is 6.94. The van der Waals surface area contributed by atoms with Crippen molar-refractivity contribution >= 4 is 44.4 Å². The largest absolute Gasteiger partial charge is 0.465 e. The highest BCUT2D eigenvalue weighted by Gasteiger charge is 2.21. The summed E-state index contributed by atoms with van der Waals surface area (Å²) in [5.74, 6) is -0.322. The first-order valence-electron chi connectivity index (χ1n) is 8.36. The van der Waals surface area contributed by atoms with Gasteiger partial charge in [0.15, 0.2) is 5.65 Å². The number of methoxy groups -OCH3 is 1. The molecular formula is C19H15BrN4O4. The highest BCUT2D eigenvalue weighted by atomic mass is 79.9. The molecule has 4 rings (SSSR count). The molecule has 8 nitrogen and oxygen atoms in total. The van der Waals surface area contributed by atoms with Crippen molar-refractivity contribution in [3.05, 3.63) is 63.7 Å². The predicted octanol–water partition coefficient (Wildman–Crippen LogP) is 3.26. The minimum Gasteiger partial charge on any atom is -0.465 e. The van der Waals surface area contributed by atoms with Gasteiger partial charge in [0, 0.05) is 17.8 Å². The molecule has 0 fully saturated rings. The number of ether oxygens (including phenoxy) is 1. The van der Waals surface area contributed by atoms with Gasteiger partial charge in [-0.05, 0) is 46.6 Å². The number of esters is 1. The van der Waals surface area contributed by atoms with E-state index >= 15 is 0 Å². The zero-order valence-corrected chi connectivity index (χ0v) is 16.6. The third kappa shape index (κ3) is 3.03. The van der Waals surface area contributed by atoms with Crippen LogP contribution in [-0.4, -0.2) is 33.6 Å². The lowest BCUT2D eigenvalue weighted by molar-refractivity contribution is 0.0601. The zero-order chi connectivity index (χ0) is 19.8.